The molecule has 1 fully saturated rings. The lowest BCUT2D eigenvalue weighted by atomic mass is 10.1. The van der Waals surface area contributed by atoms with E-state index in [1.165, 1.54) is 0 Å². The lowest BCUT2D eigenvalue weighted by Crippen LogP contribution is -2.37. The van der Waals surface area contributed by atoms with Gasteiger partial charge in [0.1, 0.15) is 5.82 Å². The maximum Gasteiger partial charge on any atom is 0.160 e. The molecule has 2 rings (SSSR count). The summed E-state index contributed by atoms with van der Waals surface area (Å²) in [6.07, 6.45) is 5.79. The minimum atomic E-state index is 0.375. The second-order valence-corrected chi connectivity index (χ2v) is 3.83. The van der Waals surface area contributed by atoms with E-state index in [0.717, 1.165) is 31.7 Å². The third kappa shape index (κ3) is 2.40. The second kappa shape index (κ2) is 5.09. The van der Waals surface area contributed by atoms with Crippen molar-refractivity contribution in [3.05, 3.63) is 12.4 Å². The van der Waals surface area contributed by atoms with E-state index < -0.39 is 0 Å². The van der Waals surface area contributed by atoms with E-state index in [2.05, 4.69) is 20.3 Å². The van der Waals surface area contributed by atoms with Crippen molar-refractivity contribution in [2.24, 2.45) is 5.84 Å². The molecular formula is C10H17N5O. The fraction of sp³-hybridized carbons (Fsp3) is 0.600. The van der Waals surface area contributed by atoms with Gasteiger partial charge in [-0.05, 0) is 12.8 Å². The predicted molar refractivity (Wildman–Crippen MR) is 62.1 cm³/mol. The van der Waals surface area contributed by atoms with Crippen molar-refractivity contribution in [3.8, 4) is 0 Å². The molecule has 1 aromatic rings. The van der Waals surface area contributed by atoms with Crippen LogP contribution < -0.4 is 16.2 Å². The molecule has 0 radical (unpaired) electrons. The Hall–Kier alpha value is -1.40. The van der Waals surface area contributed by atoms with Crippen LogP contribution in [-0.2, 0) is 4.74 Å². The number of hydrogen-bond acceptors (Lipinski definition) is 6. The van der Waals surface area contributed by atoms with Crippen molar-refractivity contribution in [2.75, 3.05) is 30.5 Å². The summed E-state index contributed by atoms with van der Waals surface area (Å²) in [6, 6.07) is 0. The van der Waals surface area contributed by atoms with Gasteiger partial charge in [-0.15, -0.1) is 0 Å². The smallest absolute Gasteiger partial charge is 0.160 e. The molecular weight excluding hydrogens is 206 g/mol. The van der Waals surface area contributed by atoms with Crippen LogP contribution in [0, 0.1) is 0 Å². The summed E-state index contributed by atoms with van der Waals surface area (Å²) < 4.78 is 5.33. The number of rotatable bonds is 3. The van der Waals surface area contributed by atoms with E-state index in [-0.39, 0.29) is 0 Å². The normalized spacial score (nSPS) is 17.5. The van der Waals surface area contributed by atoms with Gasteiger partial charge in [0, 0.05) is 20.2 Å². The number of nitrogens with zero attached hydrogens (tertiary/aromatic N) is 3. The number of piperidine rings is 1. The standard InChI is InChI=1S/C10H17N5O/c1-16-8-2-4-15(5-3-8)10-7-12-6-9(13-10)14-11/h6-8H,2-5,11H2,1H3,(H,13,14). The number of hydrazine groups is 1. The van der Waals surface area contributed by atoms with Gasteiger partial charge in [-0.25, -0.2) is 10.8 Å². The quantitative estimate of drug-likeness (QED) is 0.570. The van der Waals surface area contributed by atoms with E-state index in [4.69, 9.17) is 10.6 Å². The highest BCUT2D eigenvalue weighted by Gasteiger charge is 2.19. The summed E-state index contributed by atoms with van der Waals surface area (Å²) in [5.74, 6) is 6.76. The molecule has 0 aliphatic carbocycles. The molecule has 0 aromatic carbocycles. The Kier molecular flexibility index (Phi) is 3.53. The Labute approximate surface area is 94.8 Å². The summed E-state index contributed by atoms with van der Waals surface area (Å²) in [7, 11) is 1.76. The average Bonchev–Trinajstić information content (AvgIpc) is 2.39. The molecule has 1 aliphatic rings. The molecule has 1 saturated heterocycles. The number of ether oxygens (including phenoxy) is 1. The molecule has 0 unspecified atom stereocenters. The fourth-order valence-electron chi connectivity index (χ4n) is 1.90. The highest BCUT2D eigenvalue weighted by atomic mass is 16.5. The minimum Gasteiger partial charge on any atom is -0.381 e. The van der Waals surface area contributed by atoms with Crippen LogP contribution in [-0.4, -0.2) is 36.3 Å². The third-order valence-corrected chi connectivity index (χ3v) is 2.87. The molecule has 0 saturated carbocycles. The zero-order chi connectivity index (χ0) is 11.4. The highest BCUT2D eigenvalue weighted by molar-refractivity contribution is 5.43. The first-order valence-corrected chi connectivity index (χ1v) is 5.40. The van der Waals surface area contributed by atoms with Crippen LogP contribution in [0.1, 0.15) is 12.8 Å². The fourth-order valence-corrected chi connectivity index (χ4v) is 1.90. The Balaban J connectivity index is 2.02. The van der Waals surface area contributed by atoms with E-state index in [0.29, 0.717) is 11.9 Å². The second-order valence-electron chi connectivity index (χ2n) is 3.83. The Morgan fingerprint density at radius 3 is 2.81 bits per heavy atom. The molecule has 1 aliphatic heterocycles. The Morgan fingerprint density at radius 2 is 2.19 bits per heavy atom. The van der Waals surface area contributed by atoms with Crippen molar-refractivity contribution in [2.45, 2.75) is 18.9 Å². The van der Waals surface area contributed by atoms with Gasteiger partial charge in [0.15, 0.2) is 5.82 Å². The van der Waals surface area contributed by atoms with Crippen molar-refractivity contribution in [1.82, 2.24) is 9.97 Å². The Bertz CT molecular complexity index is 338. The topological polar surface area (TPSA) is 76.3 Å². The number of aromatic nitrogens is 2. The van der Waals surface area contributed by atoms with Crippen LogP contribution in [0.3, 0.4) is 0 Å². The molecule has 0 amide bonds. The van der Waals surface area contributed by atoms with Gasteiger partial charge in [-0.1, -0.05) is 0 Å². The van der Waals surface area contributed by atoms with Crippen molar-refractivity contribution >= 4 is 11.6 Å². The van der Waals surface area contributed by atoms with Gasteiger partial charge in [0.25, 0.3) is 0 Å². The molecule has 0 spiro atoms. The number of hydrogen-bond donors (Lipinski definition) is 2. The van der Waals surface area contributed by atoms with E-state index in [1.807, 2.05) is 0 Å². The molecule has 16 heavy (non-hydrogen) atoms. The molecule has 2 heterocycles. The monoisotopic (exact) mass is 223 g/mol. The summed E-state index contributed by atoms with van der Waals surface area (Å²) in [5.41, 5.74) is 2.50. The first-order valence-electron chi connectivity index (χ1n) is 5.40. The lowest BCUT2D eigenvalue weighted by molar-refractivity contribution is 0.0818. The number of anilines is 2. The van der Waals surface area contributed by atoms with Gasteiger partial charge < -0.3 is 15.1 Å². The number of nitrogens with two attached hydrogens (primary N) is 1. The largest absolute Gasteiger partial charge is 0.381 e. The SMILES string of the molecule is COC1CCN(c2cncc(NN)n2)CC1. The summed E-state index contributed by atoms with van der Waals surface area (Å²) in [5, 5.41) is 0. The molecule has 0 atom stereocenters. The van der Waals surface area contributed by atoms with E-state index in [1.54, 1.807) is 19.5 Å². The first kappa shape index (κ1) is 11.1. The number of nitrogen functional groups attached to an aromatic ring is 1. The third-order valence-electron chi connectivity index (χ3n) is 2.87. The first-order chi connectivity index (χ1) is 7.83. The molecule has 88 valence electrons. The van der Waals surface area contributed by atoms with Crippen LogP contribution in [0.5, 0.6) is 0 Å². The number of nitrogens with one attached hydrogen (secondary N) is 1. The van der Waals surface area contributed by atoms with Crippen LogP contribution in [0.2, 0.25) is 0 Å². The van der Waals surface area contributed by atoms with Crippen LogP contribution in [0.15, 0.2) is 12.4 Å². The van der Waals surface area contributed by atoms with Gasteiger partial charge in [0.2, 0.25) is 0 Å². The summed E-state index contributed by atoms with van der Waals surface area (Å²) >= 11 is 0. The number of methoxy groups -OCH3 is 1. The van der Waals surface area contributed by atoms with Gasteiger partial charge in [0.05, 0.1) is 18.5 Å². The van der Waals surface area contributed by atoms with Crippen molar-refractivity contribution < 1.29 is 4.74 Å². The van der Waals surface area contributed by atoms with Gasteiger partial charge >= 0.3 is 0 Å². The van der Waals surface area contributed by atoms with Crippen molar-refractivity contribution in [3.63, 3.8) is 0 Å². The molecule has 6 nitrogen and oxygen atoms in total. The van der Waals surface area contributed by atoms with Gasteiger partial charge in [-0.3, -0.25) is 4.98 Å². The molecule has 6 heteroatoms. The molecule has 3 N–H and O–H groups in total. The van der Waals surface area contributed by atoms with Crippen LogP contribution >= 0.6 is 0 Å². The lowest BCUT2D eigenvalue weighted by Gasteiger charge is -2.31. The summed E-state index contributed by atoms with van der Waals surface area (Å²) in [6.45, 7) is 1.89. The van der Waals surface area contributed by atoms with Gasteiger partial charge in [-0.2, -0.15) is 0 Å². The van der Waals surface area contributed by atoms with Crippen LogP contribution in [0.4, 0.5) is 11.6 Å². The average molecular weight is 223 g/mol. The Morgan fingerprint density at radius 1 is 1.44 bits per heavy atom. The molecule has 1 aromatic heterocycles. The maximum atomic E-state index is 5.33. The zero-order valence-electron chi connectivity index (χ0n) is 9.39. The summed E-state index contributed by atoms with van der Waals surface area (Å²) in [4.78, 5) is 10.6. The van der Waals surface area contributed by atoms with Crippen molar-refractivity contribution in [1.29, 1.82) is 0 Å². The predicted octanol–water partition coefficient (Wildman–Crippen LogP) is 0.377. The highest BCUT2D eigenvalue weighted by Crippen LogP contribution is 2.19. The zero-order valence-corrected chi connectivity index (χ0v) is 9.39. The van der Waals surface area contributed by atoms with Crippen LogP contribution in [0.25, 0.3) is 0 Å². The van der Waals surface area contributed by atoms with E-state index >= 15 is 0 Å². The minimum absolute atomic E-state index is 0.375. The molecule has 0 bridgehead atoms. The maximum absolute atomic E-state index is 5.33. The van der Waals surface area contributed by atoms with E-state index in [9.17, 15) is 0 Å².